The molecule has 1 unspecified atom stereocenters. The van der Waals surface area contributed by atoms with E-state index in [1.54, 1.807) is 19.1 Å². The van der Waals surface area contributed by atoms with Crippen molar-refractivity contribution >= 4 is 46.2 Å². The van der Waals surface area contributed by atoms with E-state index >= 15 is 0 Å². The van der Waals surface area contributed by atoms with Crippen molar-refractivity contribution in [3.63, 3.8) is 0 Å². The van der Waals surface area contributed by atoms with Crippen LogP contribution in [0, 0.1) is 35.0 Å². The van der Waals surface area contributed by atoms with Crippen LogP contribution >= 0.6 is 0 Å². The number of hydrogen-bond donors (Lipinski definition) is 2. The summed E-state index contributed by atoms with van der Waals surface area (Å²) in [7, 11) is 3.35. The van der Waals surface area contributed by atoms with Crippen LogP contribution in [0.2, 0.25) is 0 Å². The number of benzene rings is 1. The quantitative estimate of drug-likeness (QED) is 0.182. The monoisotopic (exact) mass is 990 g/mol. The number of aromatic nitrogens is 2. The SMILES string of the molecule is CCn1c(-c2cccnc2C(C)OC)c2c3cc(ccc31)N1CCC[C@@H](C[C@H](NC(=O)[C@H](C(C)C)N(C)C(=O)[C@H]3CCN(C(=O)C#CC(C)(C)N4CCC4)C3)C(=O)N3CCC[C@H](N3)C(=O)OCC(C)(C)C2)C1. The molecule has 16 nitrogen and oxygen atoms in total. The van der Waals surface area contributed by atoms with Gasteiger partial charge >= 0.3 is 5.97 Å². The zero-order chi connectivity index (χ0) is 51.6. The third kappa shape index (κ3) is 11.2. The molecule has 0 spiro atoms. The Balaban J connectivity index is 1.08. The Morgan fingerprint density at radius 2 is 1.78 bits per heavy atom. The summed E-state index contributed by atoms with van der Waals surface area (Å²) >= 11 is 0. The number of amides is 4. The summed E-state index contributed by atoms with van der Waals surface area (Å²) in [5.74, 6) is 3.57. The van der Waals surface area contributed by atoms with Crippen molar-refractivity contribution in [3.8, 4) is 23.1 Å². The van der Waals surface area contributed by atoms with E-state index < -0.39 is 46.9 Å². The first-order valence-electron chi connectivity index (χ1n) is 26.6. The molecule has 4 saturated heterocycles. The van der Waals surface area contributed by atoms with Gasteiger partial charge in [-0.25, -0.2) is 5.43 Å². The Kier molecular flexibility index (Phi) is 16.1. The van der Waals surface area contributed by atoms with Gasteiger partial charge in [-0.1, -0.05) is 33.6 Å². The summed E-state index contributed by atoms with van der Waals surface area (Å²) in [6.07, 6.45) is 6.98. The molecule has 0 radical (unpaired) electrons. The Labute approximate surface area is 426 Å². The van der Waals surface area contributed by atoms with Crippen LogP contribution in [0.15, 0.2) is 36.5 Å². The molecule has 0 saturated carbocycles. The summed E-state index contributed by atoms with van der Waals surface area (Å²) in [5.41, 5.74) is 8.62. The van der Waals surface area contributed by atoms with E-state index in [0.717, 1.165) is 84.5 Å². The fraction of sp³-hybridized carbons (Fsp3) is 0.643. The second-order valence-corrected chi connectivity index (χ2v) is 22.6. The third-order valence-corrected chi connectivity index (χ3v) is 16.0. The van der Waals surface area contributed by atoms with Gasteiger partial charge in [-0.3, -0.25) is 38.9 Å². The van der Waals surface area contributed by atoms with Gasteiger partial charge in [-0.2, -0.15) is 0 Å². The number of piperidine rings is 1. The highest BCUT2D eigenvalue weighted by Gasteiger charge is 2.41. The normalized spacial score (nSPS) is 23.9. The number of fused-ring (bicyclic) bond motifs is 6. The number of hydrazine groups is 1. The zero-order valence-corrected chi connectivity index (χ0v) is 44.5. The number of hydrogen-bond acceptors (Lipinski definition) is 11. The van der Waals surface area contributed by atoms with Gasteiger partial charge in [0.25, 0.3) is 11.8 Å². The molecule has 5 aliphatic heterocycles. The molecule has 390 valence electrons. The number of anilines is 1. The number of likely N-dealkylation sites (N-methyl/N-ethyl adjacent to an activating group) is 1. The van der Waals surface area contributed by atoms with E-state index in [9.17, 15) is 24.0 Å². The van der Waals surface area contributed by atoms with Gasteiger partial charge in [0, 0.05) is 100 Å². The molecule has 4 fully saturated rings. The second-order valence-electron chi connectivity index (χ2n) is 22.6. The Morgan fingerprint density at radius 1 is 1.01 bits per heavy atom. The minimum Gasteiger partial charge on any atom is -0.464 e. The van der Waals surface area contributed by atoms with Crippen molar-refractivity contribution < 1.29 is 33.4 Å². The van der Waals surface area contributed by atoms with E-state index in [-0.39, 0.29) is 48.8 Å². The number of methoxy groups -OCH3 is 1. The Bertz CT molecular complexity index is 2570. The molecule has 4 amide bonds. The molecule has 7 heterocycles. The van der Waals surface area contributed by atoms with Crippen molar-refractivity contribution in [2.45, 2.75) is 143 Å². The first kappa shape index (κ1) is 52.8. The third-order valence-electron chi connectivity index (χ3n) is 16.0. The van der Waals surface area contributed by atoms with Crippen molar-refractivity contribution in [2.24, 2.45) is 23.2 Å². The molecule has 6 bridgehead atoms. The van der Waals surface area contributed by atoms with Crippen molar-refractivity contribution in [3.05, 3.63) is 47.8 Å². The fourth-order valence-corrected chi connectivity index (χ4v) is 11.7. The molecule has 16 heteroatoms. The van der Waals surface area contributed by atoms with Crippen LogP contribution in [0.1, 0.15) is 118 Å². The number of pyridine rings is 1. The maximum Gasteiger partial charge on any atom is 0.324 e. The molecule has 8 rings (SSSR count). The lowest BCUT2D eigenvalue weighted by molar-refractivity contribution is -0.155. The highest BCUT2D eigenvalue weighted by Crippen LogP contribution is 2.42. The Morgan fingerprint density at radius 3 is 2.49 bits per heavy atom. The topological polar surface area (TPSA) is 162 Å². The zero-order valence-electron chi connectivity index (χ0n) is 44.5. The number of likely N-dealkylation sites (tertiary alicyclic amines) is 2. The first-order chi connectivity index (χ1) is 34.3. The molecule has 0 aliphatic carbocycles. The molecule has 2 aromatic heterocycles. The van der Waals surface area contributed by atoms with Gasteiger partial charge in [0.1, 0.15) is 18.1 Å². The van der Waals surface area contributed by atoms with Crippen LogP contribution in [-0.2, 0) is 46.4 Å². The van der Waals surface area contributed by atoms with Crippen LogP contribution in [0.4, 0.5) is 5.69 Å². The summed E-state index contributed by atoms with van der Waals surface area (Å²) in [6, 6.07) is 8.24. The van der Waals surface area contributed by atoms with E-state index in [4.69, 9.17) is 14.5 Å². The molecular formula is C56H79N9O7. The highest BCUT2D eigenvalue weighted by molar-refractivity contribution is 5.96. The molecular weight excluding hydrogens is 911 g/mol. The van der Waals surface area contributed by atoms with Crippen LogP contribution in [-0.4, -0.2) is 149 Å². The second kappa shape index (κ2) is 21.9. The summed E-state index contributed by atoms with van der Waals surface area (Å²) < 4.78 is 14.4. The number of nitrogens with zero attached hydrogens (tertiary/aromatic N) is 7. The molecule has 6 atom stereocenters. The predicted octanol–water partition coefficient (Wildman–Crippen LogP) is 5.96. The van der Waals surface area contributed by atoms with Crippen LogP contribution in [0.25, 0.3) is 22.2 Å². The van der Waals surface area contributed by atoms with Crippen LogP contribution < -0.4 is 15.6 Å². The van der Waals surface area contributed by atoms with Gasteiger partial charge < -0.3 is 34.1 Å². The predicted molar refractivity (Wildman–Crippen MR) is 278 cm³/mol. The number of aryl methyl sites for hydroxylation is 1. The van der Waals surface area contributed by atoms with Gasteiger partial charge in [0.2, 0.25) is 11.8 Å². The number of carbonyl (C=O) groups is 5. The van der Waals surface area contributed by atoms with Crippen molar-refractivity contribution in [2.75, 3.05) is 71.5 Å². The van der Waals surface area contributed by atoms with Crippen LogP contribution in [0.5, 0.6) is 0 Å². The van der Waals surface area contributed by atoms with Crippen LogP contribution in [0.3, 0.4) is 0 Å². The minimum atomic E-state index is -0.940. The molecule has 5 aliphatic rings. The smallest absolute Gasteiger partial charge is 0.324 e. The van der Waals surface area contributed by atoms with E-state index in [0.29, 0.717) is 51.7 Å². The maximum absolute atomic E-state index is 14.9. The number of ether oxygens (including phenoxy) is 2. The van der Waals surface area contributed by atoms with E-state index in [1.165, 1.54) is 9.91 Å². The number of carbonyl (C=O) groups excluding carboxylic acids is 5. The lowest BCUT2D eigenvalue weighted by Crippen LogP contribution is -2.62. The highest BCUT2D eigenvalue weighted by atomic mass is 16.5. The summed E-state index contributed by atoms with van der Waals surface area (Å²) in [4.78, 5) is 83.8. The largest absolute Gasteiger partial charge is 0.464 e. The standard InChI is InChI=1S/C56H79N9O7/c1-11-64-46-20-19-40-31-42(46)43(50(64)41-17-12-24-57-48(41)37(4)71-10)32-55(5,6)35-72-54(70)44-18-14-28-65(59-44)53(69)45(30-38-16-13-25-61(40)33-38)58-51(67)49(36(2)3)60(9)52(68)39-22-29-62(34-39)47(66)21-23-56(7,8)63-26-15-27-63/h12,17,19-20,24,31,36-39,44-45,49,59H,11,13-16,18,22,25-30,32-35H2,1-10H3,(H,58,67)/t37?,38-,39-,44-,45-,49-/m0/s1. The minimum absolute atomic E-state index is 0.0364. The molecule has 1 aromatic carbocycles. The van der Waals surface area contributed by atoms with E-state index in [2.05, 4.69) is 82.0 Å². The molecule has 72 heavy (non-hydrogen) atoms. The lowest BCUT2D eigenvalue weighted by atomic mass is 9.84. The average Bonchev–Trinajstić information content (AvgIpc) is 3.96. The molecule has 3 aromatic rings. The molecule has 2 N–H and O–H groups in total. The Hall–Kier alpha value is -5.50. The maximum atomic E-state index is 14.9. The van der Waals surface area contributed by atoms with Gasteiger partial charge in [-0.15, -0.1) is 0 Å². The fourth-order valence-electron chi connectivity index (χ4n) is 11.7. The van der Waals surface area contributed by atoms with Gasteiger partial charge in [0.15, 0.2) is 0 Å². The average molecular weight is 990 g/mol. The number of cyclic esters (lactones) is 1. The summed E-state index contributed by atoms with van der Waals surface area (Å²) in [5, 5.41) is 5.79. The first-order valence-corrected chi connectivity index (χ1v) is 26.6. The number of nitrogens with one attached hydrogen (secondary N) is 2. The lowest BCUT2D eigenvalue weighted by Gasteiger charge is -2.41. The van der Waals surface area contributed by atoms with E-state index in [1.807, 2.05) is 46.9 Å². The number of rotatable bonds is 10. The van der Waals surface area contributed by atoms with Gasteiger partial charge in [-0.05, 0) is 133 Å². The summed E-state index contributed by atoms with van der Waals surface area (Å²) in [6.45, 7) is 21.6. The van der Waals surface area contributed by atoms with Crippen molar-refractivity contribution in [1.29, 1.82) is 0 Å². The number of esters is 1. The van der Waals surface area contributed by atoms with Crippen molar-refractivity contribution in [1.82, 2.24) is 40.0 Å². The van der Waals surface area contributed by atoms with Gasteiger partial charge in [0.05, 0.1) is 35.6 Å².